The van der Waals surface area contributed by atoms with E-state index in [1.165, 1.54) is 36.4 Å². The summed E-state index contributed by atoms with van der Waals surface area (Å²) in [6.45, 7) is 1.64. The van der Waals surface area contributed by atoms with Crippen molar-refractivity contribution >= 4 is 0 Å². The molecule has 208 valence electrons. The van der Waals surface area contributed by atoms with Crippen molar-refractivity contribution < 1.29 is 55.1 Å². The zero-order valence-corrected chi connectivity index (χ0v) is 20.8. The van der Waals surface area contributed by atoms with Crippen LogP contribution in [0.3, 0.4) is 0 Å². The number of hydrogen-bond acceptors (Lipinski definition) is 11. The maximum Gasteiger partial charge on any atom is 0.187 e. The molecule has 7 atom stereocenters. The first kappa shape index (κ1) is 29.5. The summed E-state index contributed by atoms with van der Waals surface area (Å²) in [5.41, 5.74) is 0.827. The van der Waals surface area contributed by atoms with Crippen LogP contribution in [-0.4, -0.2) is 90.9 Å². The van der Waals surface area contributed by atoms with Gasteiger partial charge in [-0.05, 0) is 42.3 Å². The Balaban J connectivity index is 1.95. The van der Waals surface area contributed by atoms with Gasteiger partial charge in [0, 0.05) is 18.6 Å². The molecule has 0 unspecified atom stereocenters. The summed E-state index contributed by atoms with van der Waals surface area (Å²) >= 11 is 0. The lowest BCUT2D eigenvalue weighted by Gasteiger charge is -2.41. The lowest BCUT2D eigenvalue weighted by Crippen LogP contribution is -2.59. The van der Waals surface area contributed by atoms with Gasteiger partial charge >= 0.3 is 0 Å². The van der Waals surface area contributed by atoms with E-state index in [0.29, 0.717) is 24.2 Å². The predicted molar refractivity (Wildman–Crippen MR) is 133 cm³/mol. The van der Waals surface area contributed by atoms with Gasteiger partial charge in [-0.2, -0.15) is 0 Å². The topological polar surface area (TPSA) is 190 Å². The third-order valence-corrected chi connectivity index (χ3v) is 6.13. The van der Waals surface area contributed by atoms with Crippen molar-refractivity contribution in [1.29, 1.82) is 0 Å². The third kappa shape index (κ3) is 7.27. The minimum Gasteiger partial charge on any atom is -0.504 e. The van der Waals surface area contributed by atoms with Gasteiger partial charge in [-0.3, -0.25) is 0 Å². The summed E-state index contributed by atoms with van der Waals surface area (Å²) in [6.07, 6.45) is -7.92. The van der Waals surface area contributed by atoms with E-state index in [2.05, 4.69) is 11.8 Å². The molecular formula is C27H34O11. The highest BCUT2D eigenvalue weighted by molar-refractivity contribution is 5.46. The monoisotopic (exact) mass is 534 g/mol. The molecule has 8 N–H and O–H groups in total. The molecule has 3 rings (SSSR count). The lowest BCUT2D eigenvalue weighted by molar-refractivity contribution is -0.318. The summed E-state index contributed by atoms with van der Waals surface area (Å²) < 4.78 is 17.6. The van der Waals surface area contributed by atoms with Crippen molar-refractivity contribution in [3.8, 4) is 34.8 Å². The van der Waals surface area contributed by atoms with E-state index in [9.17, 15) is 40.9 Å². The third-order valence-electron chi connectivity index (χ3n) is 6.13. The standard InChI is InChI=1S/C27H34O11/c1-2-3-11-36-26(16-8-10-18(30)20(32)13-16)21(6-4-5-15-7-9-17(29)19(31)12-15)37-27-25(35)24(34)23(33)22(14-28)38-27/h7-10,12-13,21-35H,2-3,6,11,14H2,1H3/t21-,22+,23+,24-,25+,26+,27+/m0/s1. The molecule has 2 aromatic rings. The van der Waals surface area contributed by atoms with E-state index in [-0.39, 0.29) is 29.4 Å². The Hall–Kier alpha value is -3.08. The van der Waals surface area contributed by atoms with Crippen LogP contribution in [0.4, 0.5) is 0 Å². The number of aliphatic hydroxyl groups excluding tert-OH is 4. The van der Waals surface area contributed by atoms with Crippen LogP contribution in [-0.2, 0) is 14.2 Å². The van der Waals surface area contributed by atoms with Gasteiger partial charge in [0.25, 0.3) is 0 Å². The fraction of sp³-hybridized carbons (Fsp3) is 0.481. The molecule has 0 aliphatic carbocycles. The number of hydrogen-bond donors (Lipinski definition) is 8. The Morgan fingerprint density at radius 2 is 1.58 bits per heavy atom. The van der Waals surface area contributed by atoms with Crippen LogP contribution in [0.5, 0.6) is 23.0 Å². The maximum absolute atomic E-state index is 10.5. The Morgan fingerprint density at radius 1 is 0.895 bits per heavy atom. The fourth-order valence-corrected chi connectivity index (χ4v) is 3.92. The predicted octanol–water partition coefficient (Wildman–Crippen LogP) is 0.994. The second kappa shape index (κ2) is 13.6. The Bertz CT molecular complexity index is 1110. The molecule has 1 aliphatic rings. The fourth-order valence-electron chi connectivity index (χ4n) is 3.92. The van der Waals surface area contributed by atoms with Gasteiger partial charge in [-0.25, -0.2) is 0 Å². The molecule has 0 radical (unpaired) electrons. The van der Waals surface area contributed by atoms with Crippen molar-refractivity contribution in [3.63, 3.8) is 0 Å². The van der Waals surface area contributed by atoms with Crippen LogP contribution in [0.25, 0.3) is 0 Å². The molecule has 1 saturated heterocycles. The smallest absolute Gasteiger partial charge is 0.187 e. The van der Waals surface area contributed by atoms with E-state index in [4.69, 9.17) is 14.2 Å². The van der Waals surface area contributed by atoms with Gasteiger partial charge in [0.05, 0.1) is 6.61 Å². The molecule has 1 aliphatic heterocycles. The highest BCUT2D eigenvalue weighted by Gasteiger charge is 2.45. The summed E-state index contributed by atoms with van der Waals surface area (Å²) in [5, 5.41) is 79.6. The van der Waals surface area contributed by atoms with Crippen LogP contribution >= 0.6 is 0 Å². The minimum absolute atomic E-state index is 0.0326. The SMILES string of the molecule is CCCCO[C@H](c1ccc(O)c(O)c1)[C@H](CC#Cc1ccc(O)c(O)c1)O[C@@H]1O[C@H](CO)[C@@H](O)[C@H](O)[C@H]1O. The molecule has 0 spiro atoms. The van der Waals surface area contributed by atoms with E-state index in [1.54, 1.807) is 0 Å². The van der Waals surface area contributed by atoms with Crippen LogP contribution in [0.15, 0.2) is 36.4 Å². The van der Waals surface area contributed by atoms with E-state index in [1.807, 2.05) is 6.92 Å². The molecule has 1 fully saturated rings. The average Bonchev–Trinajstić information content (AvgIpc) is 2.90. The molecule has 11 heteroatoms. The van der Waals surface area contributed by atoms with Crippen molar-refractivity contribution in [2.24, 2.45) is 0 Å². The molecule has 38 heavy (non-hydrogen) atoms. The highest BCUT2D eigenvalue weighted by Crippen LogP contribution is 2.35. The molecular weight excluding hydrogens is 500 g/mol. The number of phenolic OH excluding ortho intramolecular Hbond substituents is 4. The quantitative estimate of drug-likeness (QED) is 0.123. The molecule has 0 aromatic heterocycles. The Labute approximate surface area is 220 Å². The van der Waals surface area contributed by atoms with Crippen LogP contribution in [0.1, 0.15) is 43.4 Å². The van der Waals surface area contributed by atoms with Gasteiger partial charge in [0.1, 0.15) is 36.6 Å². The van der Waals surface area contributed by atoms with Crippen molar-refractivity contribution in [1.82, 2.24) is 0 Å². The molecule has 2 aromatic carbocycles. The van der Waals surface area contributed by atoms with E-state index in [0.717, 1.165) is 6.42 Å². The summed E-state index contributed by atoms with van der Waals surface area (Å²) in [6, 6.07) is 8.20. The van der Waals surface area contributed by atoms with Crippen LogP contribution in [0.2, 0.25) is 0 Å². The first-order chi connectivity index (χ1) is 18.2. The number of phenols is 4. The number of benzene rings is 2. The Kier molecular flexibility index (Phi) is 10.6. The first-order valence-electron chi connectivity index (χ1n) is 12.3. The molecule has 0 bridgehead atoms. The first-order valence-corrected chi connectivity index (χ1v) is 12.3. The number of aromatic hydroxyl groups is 4. The van der Waals surface area contributed by atoms with Gasteiger partial charge in [-0.1, -0.05) is 31.3 Å². The second-order valence-corrected chi connectivity index (χ2v) is 8.97. The summed E-state index contributed by atoms with van der Waals surface area (Å²) in [5.74, 6) is 4.39. The van der Waals surface area contributed by atoms with Gasteiger partial charge in [-0.15, -0.1) is 0 Å². The summed E-state index contributed by atoms with van der Waals surface area (Å²) in [4.78, 5) is 0. The van der Waals surface area contributed by atoms with Crippen LogP contribution in [0, 0.1) is 11.8 Å². The number of aliphatic hydroxyl groups is 4. The van der Waals surface area contributed by atoms with Gasteiger partial charge < -0.3 is 55.1 Å². The lowest BCUT2D eigenvalue weighted by atomic mass is 9.98. The van der Waals surface area contributed by atoms with Crippen LogP contribution < -0.4 is 0 Å². The zero-order chi connectivity index (χ0) is 27.8. The van der Waals surface area contributed by atoms with E-state index < -0.39 is 49.5 Å². The number of ether oxygens (including phenoxy) is 3. The summed E-state index contributed by atoms with van der Waals surface area (Å²) in [7, 11) is 0. The second-order valence-electron chi connectivity index (χ2n) is 8.97. The Morgan fingerprint density at radius 3 is 2.21 bits per heavy atom. The molecule has 0 amide bonds. The largest absolute Gasteiger partial charge is 0.504 e. The van der Waals surface area contributed by atoms with E-state index >= 15 is 0 Å². The highest BCUT2D eigenvalue weighted by atomic mass is 16.7. The minimum atomic E-state index is -1.66. The van der Waals surface area contributed by atoms with Gasteiger partial charge in [0.2, 0.25) is 0 Å². The molecule has 1 heterocycles. The average molecular weight is 535 g/mol. The zero-order valence-electron chi connectivity index (χ0n) is 20.8. The molecule has 0 saturated carbocycles. The number of unbranched alkanes of at least 4 members (excludes halogenated alkanes) is 1. The maximum atomic E-state index is 10.5. The van der Waals surface area contributed by atoms with Crippen molar-refractivity contribution in [2.75, 3.05) is 13.2 Å². The van der Waals surface area contributed by atoms with Crippen molar-refractivity contribution in [2.45, 2.75) is 69.1 Å². The van der Waals surface area contributed by atoms with Gasteiger partial charge in [0.15, 0.2) is 29.3 Å². The molecule has 11 nitrogen and oxygen atoms in total. The van der Waals surface area contributed by atoms with Crippen molar-refractivity contribution in [3.05, 3.63) is 47.5 Å². The number of rotatable bonds is 10. The normalized spacial score (nSPS) is 24.8.